The number of ether oxygens (including phenoxy) is 1. The van der Waals surface area contributed by atoms with Crippen LogP contribution in [0.4, 0.5) is 8.78 Å². The van der Waals surface area contributed by atoms with E-state index in [-0.39, 0.29) is 12.3 Å². The normalized spacial score (nSPS) is 10.6. The Kier molecular flexibility index (Phi) is 3.76. The van der Waals surface area contributed by atoms with Gasteiger partial charge in [-0.3, -0.25) is 4.98 Å². The Hall–Kier alpha value is -2.01. The number of aromatic nitrogens is 1. The molecule has 0 aliphatic rings. The lowest BCUT2D eigenvalue weighted by Crippen LogP contribution is -2.05. The van der Waals surface area contributed by atoms with E-state index in [2.05, 4.69) is 4.98 Å². The first-order valence-corrected chi connectivity index (χ1v) is 5.81. The summed E-state index contributed by atoms with van der Waals surface area (Å²) in [5.41, 5.74) is 7.83. The SMILES string of the molecule is Cc1cc(Oc2ccc(F)cc2F)c(CN)c(C)n1. The third-order valence-corrected chi connectivity index (χ3v) is 2.74. The average molecular weight is 264 g/mol. The zero-order valence-corrected chi connectivity index (χ0v) is 10.7. The van der Waals surface area contributed by atoms with Crippen molar-refractivity contribution in [2.24, 2.45) is 5.73 Å². The molecule has 2 aromatic rings. The molecule has 0 radical (unpaired) electrons. The first kappa shape index (κ1) is 13.4. The summed E-state index contributed by atoms with van der Waals surface area (Å²) in [7, 11) is 0. The van der Waals surface area contributed by atoms with Crippen LogP contribution in [0.25, 0.3) is 0 Å². The third-order valence-electron chi connectivity index (χ3n) is 2.74. The first-order valence-electron chi connectivity index (χ1n) is 5.81. The maximum Gasteiger partial charge on any atom is 0.168 e. The van der Waals surface area contributed by atoms with Gasteiger partial charge in [0.05, 0.1) is 0 Å². The second-order valence-electron chi connectivity index (χ2n) is 4.21. The Labute approximate surface area is 110 Å². The first-order chi connectivity index (χ1) is 9.01. The highest BCUT2D eigenvalue weighted by Gasteiger charge is 2.12. The van der Waals surface area contributed by atoms with Crippen LogP contribution < -0.4 is 10.5 Å². The van der Waals surface area contributed by atoms with Crippen LogP contribution in [0.15, 0.2) is 24.3 Å². The molecule has 1 heterocycles. The van der Waals surface area contributed by atoms with Crippen molar-refractivity contribution in [3.63, 3.8) is 0 Å². The minimum absolute atomic E-state index is 0.0406. The molecule has 0 atom stereocenters. The lowest BCUT2D eigenvalue weighted by molar-refractivity contribution is 0.432. The number of halogens is 2. The van der Waals surface area contributed by atoms with Gasteiger partial charge in [0.2, 0.25) is 0 Å². The molecular weight excluding hydrogens is 250 g/mol. The van der Waals surface area contributed by atoms with E-state index in [0.717, 1.165) is 23.5 Å². The van der Waals surface area contributed by atoms with Crippen molar-refractivity contribution in [1.82, 2.24) is 4.98 Å². The zero-order valence-electron chi connectivity index (χ0n) is 10.7. The van der Waals surface area contributed by atoms with Crippen molar-refractivity contribution in [3.05, 3.63) is 52.9 Å². The van der Waals surface area contributed by atoms with Gasteiger partial charge in [-0.2, -0.15) is 0 Å². The Morgan fingerprint density at radius 2 is 1.89 bits per heavy atom. The molecule has 2 rings (SSSR count). The van der Waals surface area contributed by atoms with Crippen molar-refractivity contribution >= 4 is 0 Å². The largest absolute Gasteiger partial charge is 0.454 e. The zero-order chi connectivity index (χ0) is 14.0. The number of nitrogens with zero attached hydrogens (tertiary/aromatic N) is 1. The van der Waals surface area contributed by atoms with Gasteiger partial charge in [0.1, 0.15) is 11.6 Å². The molecule has 0 aliphatic carbocycles. The molecule has 0 amide bonds. The second kappa shape index (κ2) is 5.32. The van der Waals surface area contributed by atoms with Gasteiger partial charge in [-0.25, -0.2) is 8.78 Å². The van der Waals surface area contributed by atoms with Gasteiger partial charge in [0, 0.05) is 35.6 Å². The van der Waals surface area contributed by atoms with Crippen LogP contribution in [-0.2, 0) is 6.54 Å². The second-order valence-corrected chi connectivity index (χ2v) is 4.21. The van der Waals surface area contributed by atoms with E-state index in [1.165, 1.54) is 6.07 Å². The van der Waals surface area contributed by atoms with Crippen LogP contribution in [0.2, 0.25) is 0 Å². The van der Waals surface area contributed by atoms with Gasteiger partial charge in [-0.1, -0.05) is 0 Å². The summed E-state index contributed by atoms with van der Waals surface area (Å²) in [4.78, 5) is 4.27. The van der Waals surface area contributed by atoms with Crippen LogP contribution >= 0.6 is 0 Å². The smallest absolute Gasteiger partial charge is 0.168 e. The molecule has 0 saturated heterocycles. The predicted octanol–water partition coefficient (Wildman–Crippen LogP) is 3.23. The summed E-state index contributed by atoms with van der Waals surface area (Å²) in [6.45, 7) is 3.85. The minimum atomic E-state index is -0.755. The molecule has 1 aromatic carbocycles. The van der Waals surface area contributed by atoms with E-state index < -0.39 is 11.6 Å². The van der Waals surface area contributed by atoms with Crippen LogP contribution in [0.5, 0.6) is 11.5 Å². The number of benzene rings is 1. The van der Waals surface area contributed by atoms with Crippen molar-refractivity contribution in [1.29, 1.82) is 0 Å². The molecular formula is C14H14F2N2O. The molecule has 100 valence electrons. The molecule has 0 bridgehead atoms. The average Bonchev–Trinajstić information content (AvgIpc) is 2.32. The van der Waals surface area contributed by atoms with E-state index in [4.69, 9.17) is 10.5 Å². The Bertz CT molecular complexity index is 615. The molecule has 0 aliphatic heterocycles. The number of hydrogen-bond donors (Lipinski definition) is 1. The molecule has 5 heteroatoms. The number of hydrogen-bond acceptors (Lipinski definition) is 3. The monoisotopic (exact) mass is 264 g/mol. The van der Waals surface area contributed by atoms with Gasteiger partial charge in [-0.15, -0.1) is 0 Å². The molecule has 0 fully saturated rings. The molecule has 0 saturated carbocycles. The predicted molar refractivity (Wildman–Crippen MR) is 68.0 cm³/mol. The molecule has 19 heavy (non-hydrogen) atoms. The lowest BCUT2D eigenvalue weighted by atomic mass is 10.1. The summed E-state index contributed by atoms with van der Waals surface area (Å²) in [6, 6.07) is 4.84. The Morgan fingerprint density at radius 3 is 2.53 bits per heavy atom. The Morgan fingerprint density at radius 1 is 1.16 bits per heavy atom. The van der Waals surface area contributed by atoms with Gasteiger partial charge < -0.3 is 10.5 Å². The lowest BCUT2D eigenvalue weighted by Gasteiger charge is -2.13. The minimum Gasteiger partial charge on any atom is -0.454 e. The summed E-state index contributed by atoms with van der Waals surface area (Å²) in [5, 5.41) is 0. The summed E-state index contributed by atoms with van der Waals surface area (Å²) < 4.78 is 31.9. The topological polar surface area (TPSA) is 48.1 Å². The highest BCUT2D eigenvalue weighted by atomic mass is 19.1. The quantitative estimate of drug-likeness (QED) is 0.925. The number of rotatable bonds is 3. The van der Waals surface area contributed by atoms with Gasteiger partial charge in [0.15, 0.2) is 11.6 Å². The maximum absolute atomic E-state index is 13.6. The Balaban J connectivity index is 2.42. The van der Waals surface area contributed by atoms with Gasteiger partial charge in [-0.05, 0) is 26.0 Å². The van der Waals surface area contributed by atoms with Crippen molar-refractivity contribution < 1.29 is 13.5 Å². The van der Waals surface area contributed by atoms with E-state index in [1.807, 2.05) is 6.92 Å². The van der Waals surface area contributed by atoms with Gasteiger partial charge in [0.25, 0.3) is 0 Å². The molecule has 3 nitrogen and oxygen atoms in total. The van der Waals surface area contributed by atoms with Crippen LogP contribution in [0.1, 0.15) is 17.0 Å². The standard InChI is InChI=1S/C14H14F2N2O/c1-8-5-14(11(7-17)9(2)18-8)19-13-4-3-10(15)6-12(13)16/h3-6H,7,17H2,1-2H3. The van der Waals surface area contributed by atoms with E-state index in [1.54, 1.807) is 13.0 Å². The third kappa shape index (κ3) is 2.88. The fourth-order valence-electron chi connectivity index (χ4n) is 1.84. The van der Waals surface area contributed by atoms with Crippen LogP contribution in [0, 0.1) is 25.5 Å². The van der Waals surface area contributed by atoms with Crippen molar-refractivity contribution in [2.45, 2.75) is 20.4 Å². The maximum atomic E-state index is 13.6. The molecule has 2 N–H and O–H groups in total. The summed E-state index contributed by atoms with van der Waals surface area (Å²) in [5.74, 6) is -1.000. The number of pyridine rings is 1. The summed E-state index contributed by atoms with van der Waals surface area (Å²) in [6.07, 6.45) is 0. The highest BCUT2D eigenvalue weighted by Crippen LogP contribution is 2.29. The van der Waals surface area contributed by atoms with Crippen molar-refractivity contribution in [2.75, 3.05) is 0 Å². The fraction of sp³-hybridized carbons (Fsp3) is 0.214. The molecule has 1 aromatic heterocycles. The number of aryl methyl sites for hydroxylation is 2. The molecule has 0 spiro atoms. The van der Waals surface area contributed by atoms with E-state index in [0.29, 0.717) is 11.3 Å². The fourth-order valence-corrected chi connectivity index (χ4v) is 1.84. The molecule has 0 unspecified atom stereocenters. The summed E-state index contributed by atoms with van der Waals surface area (Å²) >= 11 is 0. The van der Waals surface area contributed by atoms with Gasteiger partial charge >= 0.3 is 0 Å². The van der Waals surface area contributed by atoms with Crippen LogP contribution in [-0.4, -0.2) is 4.98 Å². The highest BCUT2D eigenvalue weighted by molar-refractivity contribution is 5.41. The van der Waals surface area contributed by atoms with Crippen molar-refractivity contribution in [3.8, 4) is 11.5 Å². The van der Waals surface area contributed by atoms with E-state index >= 15 is 0 Å². The van der Waals surface area contributed by atoms with Crippen LogP contribution in [0.3, 0.4) is 0 Å². The number of nitrogens with two attached hydrogens (primary N) is 1. The van der Waals surface area contributed by atoms with E-state index in [9.17, 15) is 8.78 Å².